The smallest absolute Gasteiger partial charge is 0.291 e. The number of morpholine rings is 1. The fourth-order valence-electron chi connectivity index (χ4n) is 3.28. The van der Waals surface area contributed by atoms with Crippen LogP contribution in [0.4, 0.5) is 4.39 Å². The van der Waals surface area contributed by atoms with Crippen molar-refractivity contribution in [3.63, 3.8) is 0 Å². The zero-order valence-electron chi connectivity index (χ0n) is 16.3. The third kappa shape index (κ3) is 4.02. The topological polar surface area (TPSA) is 81.4 Å². The molecular weight excluding hydrogens is 375 g/mol. The Bertz CT molecular complexity index is 1040. The van der Waals surface area contributed by atoms with Crippen LogP contribution in [0.1, 0.15) is 40.9 Å². The first kappa shape index (κ1) is 19.2. The first-order chi connectivity index (χ1) is 14.0. The molecule has 0 spiro atoms. The number of aromatic nitrogens is 3. The van der Waals surface area contributed by atoms with E-state index in [0.29, 0.717) is 54.7 Å². The molecule has 1 fully saturated rings. The molecule has 3 aromatic rings. The number of nitrogens with zero attached hydrogens (tertiary/aromatic N) is 4. The third-order valence-corrected chi connectivity index (χ3v) is 4.79. The number of ether oxygens (including phenoxy) is 1. The molecule has 1 aromatic carbocycles. The summed E-state index contributed by atoms with van der Waals surface area (Å²) < 4.78 is 25.0. The van der Waals surface area contributed by atoms with Crippen LogP contribution < -0.4 is 0 Å². The van der Waals surface area contributed by atoms with Gasteiger partial charge in [-0.2, -0.15) is 0 Å². The predicted molar refractivity (Wildman–Crippen MR) is 103 cm³/mol. The number of carbonyl (C=O) groups excluding carboxylic acids is 1. The Morgan fingerprint density at radius 2 is 2.17 bits per heavy atom. The minimum Gasteiger partial charge on any atom is -0.435 e. The van der Waals surface area contributed by atoms with Crippen LogP contribution in [0, 0.1) is 12.7 Å². The summed E-state index contributed by atoms with van der Waals surface area (Å²) in [5.74, 6) is 0.262. The Labute approximate surface area is 167 Å². The van der Waals surface area contributed by atoms with Gasteiger partial charge in [-0.05, 0) is 19.1 Å². The van der Waals surface area contributed by atoms with E-state index in [-0.39, 0.29) is 17.5 Å². The molecule has 1 amide bonds. The lowest BCUT2D eigenvalue weighted by atomic mass is 10.1. The van der Waals surface area contributed by atoms with Crippen LogP contribution in [-0.2, 0) is 11.2 Å². The molecule has 7 nitrogen and oxygen atoms in total. The van der Waals surface area contributed by atoms with Gasteiger partial charge in [0.05, 0.1) is 42.6 Å². The van der Waals surface area contributed by atoms with E-state index in [1.807, 2.05) is 6.92 Å². The molecule has 1 saturated heterocycles. The second kappa shape index (κ2) is 8.08. The summed E-state index contributed by atoms with van der Waals surface area (Å²) in [5.41, 5.74) is 2.36. The van der Waals surface area contributed by atoms with Gasteiger partial charge < -0.3 is 14.1 Å². The number of carbonyl (C=O) groups is 1. The number of aryl methyl sites for hydroxylation is 2. The third-order valence-electron chi connectivity index (χ3n) is 4.79. The molecule has 0 N–H and O–H groups in total. The highest BCUT2D eigenvalue weighted by Gasteiger charge is 2.30. The first-order valence-corrected chi connectivity index (χ1v) is 9.50. The van der Waals surface area contributed by atoms with Crippen molar-refractivity contribution in [2.75, 3.05) is 19.7 Å². The lowest BCUT2D eigenvalue weighted by molar-refractivity contribution is -0.0258. The summed E-state index contributed by atoms with van der Waals surface area (Å²) in [5, 5.41) is 0. The minimum atomic E-state index is -0.428. The molecule has 8 heteroatoms. The van der Waals surface area contributed by atoms with Gasteiger partial charge >= 0.3 is 0 Å². The van der Waals surface area contributed by atoms with Crippen LogP contribution in [0.25, 0.3) is 11.3 Å². The van der Waals surface area contributed by atoms with Crippen molar-refractivity contribution in [2.24, 2.45) is 0 Å². The maximum absolute atomic E-state index is 13.5. The van der Waals surface area contributed by atoms with Crippen molar-refractivity contribution >= 4 is 5.91 Å². The Hall–Kier alpha value is -3.13. The predicted octanol–water partition coefficient (Wildman–Crippen LogP) is 3.36. The van der Waals surface area contributed by atoms with Gasteiger partial charge in [0.25, 0.3) is 5.91 Å². The Kier molecular flexibility index (Phi) is 5.35. The minimum absolute atomic E-state index is 0.211. The Morgan fingerprint density at radius 3 is 2.93 bits per heavy atom. The van der Waals surface area contributed by atoms with Gasteiger partial charge in [0.2, 0.25) is 5.76 Å². The van der Waals surface area contributed by atoms with E-state index in [2.05, 4.69) is 15.0 Å². The van der Waals surface area contributed by atoms with Crippen molar-refractivity contribution in [3.8, 4) is 11.3 Å². The van der Waals surface area contributed by atoms with Crippen molar-refractivity contribution in [2.45, 2.75) is 26.4 Å². The van der Waals surface area contributed by atoms with Crippen LogP contribution in [0.5, 0.6) is 0 Å². The van der Waals surface area contributed by atoms with Gasteiger partial charge in [0.15, 0.2) is 5.89 Å². The van der Waals surface area contributed by atoms with E-state index in [9.17, 15) is 9.18 Å². The number of amides is 1. The Morgan fingerprint density at radius 1 is 1.31 bits per heavy atom. The van der Waals surface area contributed by atoms with Crippen LogP contribution in [-0.4, -0.2) is 45.5 Å². The van der Waals surface area contributed by atoms with Crippen molar-refractivity contribution in [1.29, 1.82) is 0 Å². The molecule has 1 atom stereocenters. The summed E-state index contributed by atoms with van der Waals surface area (Å²) in [6.45, 7) is 4.84. The molecular formula is C21H21FN4O3. The summed E-state index contributed by atoms with van der Waals surface area (Å²) in [7, 11) is 0. The van der Waals surface area contributed by atoms with Gasteiger partial charge in [-0.25, -0.2) is 14.4 Å². The molecule has 3 heterocycles. The highest BCUT2D eigenvalue weighted by atomic mass is 19.1. The van der Waals surface area contributed by atoms with E-state index < -0.39 is 6.10 Å². The SMILES string of the molecule is CCc1nc(C)c(C(=O)N2CCO[C@@H](c3cncc(-c4cccc(F)c4)n3)C2)o1. The Balaban J connectivity index is 1.55. The lowest BCUT2D eigenvalue weighted by Gasteiger charge is -2.32. The number of hydrogen-bond acceptors (Lipinski definition) is 6. The monoisotopic (exact) mass is 396 g/mol. The summed E-state index contributed by atoms with van der Waals surface area (Å²) >= 11 is 0. The van der Waals surface area contributed by atoms with E-state index in [1.165, 1.54) is 12.1 Å². The second-order valence-corrected chi connectivity index (χ2v) is 6.83. The number of benzene rings is 1. The lowest BCUT2D eigenvalue weighted by Crippen LogP contribution is -2.42. The van der Waals surface area contributed by atoms with E-state index in [4.69, 9.17) is 9.15 Å². The quantitative estimate of drug-likeness (QED) is 0.673. The molecule has 0 bridgehead atoms. The number of hydrogen-bond donors (Lipinski definition) is 0. The first-order valence-electron chi connectivity index (χ1n) is 9.50. The van der Waals surface area contributed by atoms with Gasteiger partial charge in [-0.1, -0.05) is 19.1 Å². The van der Waals surface area contributed by atoms with Crippen molar-refractivity contribution < 1.29 is 18.3 Å². The van der Waals surface area contributed by atoms with Crippen LogP contribution in [0.2, 0.25) is 0 Å². The maximum Gasteiger partial charge on any atom is 0.291 e. The molecule has 150 valence electrons. The largest absolute Gasteiger partial charge is 0.435 e. The average Bonchev–Trinajstić information content (AvgIpc) is 3.14. The molecule has 2 aromatic heterocycles. The van der Waals surface area contributed by atoms with Crippen molar-refractivity contribution in [1.82, 2.24) is 19.9 Å². The molecule has 0 aliphatic carbocycles. The maximum atomic E-state index is 13.5. The van der Waals surface area contributed by atoms with E-state index >= 15 is 0 Å². The standard InChI is InChI=1S/C21H21FN4O3/c1-3-19-24-13(2)20(29-19)21(27)26-7-8-28-18(12-26)17-11-23-10-16(25-17)14-5-4-6-15(22)9-14/h4-6,9-11,18H,3,7-8,12H2,1-2H3/t18-/m1/s1. The molecule has 0 saturated carbocycles. The van der Waals surface area contributed by atoms with Crippen molar-refractivity contribution in [3.05, 3.63) is 65.5 Å². The summed E-state index contributed by atoms with van der Waals surface area (Å²) in [4.78, 5) is 27.7. The van der Waals surface area contributed by atoms with Gasteiger partial charge in [-0.15, -0.1) is 0 Å². The fourth-order valence-corrected chi connectivity index (χ4v) is 3.28. The van der Waals surface area contributed by atoms with Gasteiger partial charge in [0, 0.05) is 18.5 Å². The van der Waals surface area contributed by atoms with E-state index in [0.717, 1.165) is 0 Å². The number of rotatable bonds is 4. The van der Waals surface area contributed by atoms with Crippen LogP contribution in [0.3, 0.4) is 0 Å². The zero-order valence-corrected chi connectivity index (χ0v) is 16.3. The summed E-state index contributed by atoms with van der Waals surface area (Å²) in [6.07, 6.45) is 3.38. The number of halogens is 1. The highest BCUT2D eigenvalue weighted by molar-refractivity contribution is 5.92. The van der Waals surface area contributed by atoms with Gasteiger partial charge in [0.1, 0.15) is 11.9 Å². The molecule has 4 rings (SSSR count). The molecule has 29 heavy (non-hydrogen) atoms. The molecule has 0 radical (unpaired) electrons. The van der Waals surface area contributed by atoms with Crippen LogP contribution in [0.15, 0.2) is 41.1 Å². The molecule has 0 unspecified atom stereocenters. The molecule has 1 aliphatic rings. The fraction of sp³-hybridized carbons (Fsp3) is 0.333. The zero-order chi connectivity index (χ0) is 20.4. The number of oxazole rings is 1. The molecule has 1 aliphatic heterocycles. The normalized spacial score (nSPS) is 16.8. The second-order valence-electron chi connectivity index (χ2n) is 6.83. The average molecular weight is 396 g/mol. The van der Waals surface area contributed by atoms with E-state index in [1.54, 1.807) is 36.4 Å². The van der Waals surface area contributed by atoms with Gasteiger partial charge in [-0.3, -0.25) is 9.78 Å². The highest BCUT2D eigenvalue weighted by Crippen LogP contribution is 2.25. The summed E-state index contributed by atoms with van der Waals surface area (Å²) in [6, 6.07) is 6.18. The van der Waals surface area contributed by atoms with Crippen LogP contribution >= 0.6 is 0 Å².